The molecule has 120 valence electrons. The van der Waals surface area contributed by atoms with Gasteiger partial charge < -0.3 is 20.5 Å². The molecule has 3 N–H and O–H groups in total. The quantitative estimate of drug-likeness (QED) is 0.773. The van der Waals surface area contributed by atoms with Gasteiger partial charge in [-0.15, -0.1) is 0 Å². The fourth-order valence-corrected chi connectivity index (χ4v) is 2.40. The Hall–Kier alpha value is -1.10. The molecule has 1 aromatic rings. The summed E-state index contributed by atoms with van der Waals surface area (Å²) in [5.74, 6) is 0.787. The lowest BCUT2D eigenvalue weighted by atomic mass is 9.95. The fraction of sp³-hybridized carbons (Fsp3) is 0.647. The van der Waals surface area contributed by atoms with E-state index in [9.17, 15) is 5.11 Å². The monoisotopic (exact) mass is 294 g/mol. The molecule has 4 nitrogen and oxygen atoms in total. The SMILES string of the molecule is CCCOc1c(C)cc(C)cc1C(O)C(N)CCN(C)C. The number of aryl methyl sites for hydroxylation is 2. The molecule has 0 spiro atoms. The lowest BCUT2D eigenvalue weighted by molar-refractivity contribution is 0.132. The highest BCUT2D eigenvalue weighted by molar-refractivity contribution is 5.45. The summed E-state index contributed by atoms with van der Waals surface area (Å²) >= 11 is 0. The number of nitrogens with two attached hydrogens (primary N) is 1. The molecular formula is C17H30N2O2. The van der Waals surface area contributed by atoms with Gasteiger partial charge in [0.1, 0.15) is 5.75 Å². The molecule has 0 saturated heterocycles. The lowest BCUT2D eigenvalue weighted by Crippen LogP contribution is -2.32. The van der Waals surface area contributed by atoms with Gasteiger partial charge in [-0.05, 0) is 59.0 Å². The molecule has 1 aromatic carbocycles. The minimum Gasteiger partial charge on any atom is -0.493 e. The molecule has 0 aliphatic carbocycles. The van der Waals surface area contributed by atoms with Crippen LogP contribution in [0, 0.1) is 13.8 Å². The van der Waals surface area contributed by atoms with Crippen LogP contribution in [-0.4, -0.2) is 43.3 Å². The van der Waals surface area contributed by atoms with Crippen LogP contribution in [0.1, 0.15) is 42.6 Å². The van der Waals surface area contributed by atoms with Crippen LogP contribution in [0.2, 0.25) is 0 Å². The van der Waals surface area contributed by atoms with Crippen molar-refractivity contribution in [3.63, 3.8) is 0 Å². The van der Waals surface area contributed by atoms with Crippen molar-refractivity contribution in [3.05, 3.63) is 28.8 Å². The van der Waals surface area contributed by atoms with E-state index in [1.54, 1.807) is 0 Å². The van der Waals surface area contributed by atoms with Crippen LogP contribution in [0.25, 0.3) is 0 Å². The summed E-state index contributed by atoms with van der Waals surface area (Å²) in [5.41, 5.74) is 9.14. The largest absolute Gasteiger partial charge is 0.493 e. The first-order valence-corrected chi connectivity index (χ1v) is 7.69. The Kier molecular flexibility index (Phi) is 7.15. The van der Waals surface area contributed by atoms with E-state index in [-0.39, 0.29) is 6.04 Å². The van der Waals surface area contributed by atoms with Crippen molar-refractivity contribution < 1.29 is 9.84 Å². The van der Waals surface area contributed by atoms with E-state index in [1.807, 2.05) is 34.0 Å². The first-order valence-electron chi connectivity index (χ1n) is 7.69. The second kappa shape index (κ2) is 8.37. The van der Waals surface area contributed by atoms with Crippen LogP contribution in [-0.2, 0) is 0 Å². The summed E-state index contributed by atoms with van der Waals surface area (Å²) in [5, 5.41) is 10.6. The van der Waals surface area contributed by atoms with Crippen LogP contribution in [0.5, 0.6) is 5.75 Å². The molecule has 4 heteroatoms. The maximum Gasteiger partial charge on any atom is 0.128 e. The molecule has 0 bridgehead atoms. The molecule has 1 rings (SSSR count). The summed E-state index contributed by atoms with van der Waals surface area (Å²) < 4.78 is 5.84. The molecule has 0 aliphatic rings. The number of aliphatic hydroxyl groups excluding tert-OH is 1. The van der Waals surface area contributed by atoms with Crippen molar-refractivity contribution in [2.45, 2.75) is 45.8 Å². The van der Waals surface area contributed by atoms with E-state index in [1.165, 1.54) is 0 Å². The topological polar surface area (TPSA) is 58.7 Å². The Balaban J connectivity index is 2.97. The Labute approximate surface area is 128 Å². The highest BCUT2D eigenvalue weighted by atomic mass is 16.5. The Bertz CT molecular complexity index is 447. The molecule has 0 amide bonds. The third kappa shape index (κ3) is 5.30. The third-order valence-corrected chi connectivity index (χ3v) is 3.53. The van der Waals surface area contributed by atoms with Crippen molar-refractivity contribution in [2.24, 2.45) is 5.73 Å². The van der Waals surface area contributed by atoms with Crippen LogP contribution < -0.4 is 10.5 Å². The van der Waals surface area contributed by atoms with Gasteiger partial charge in [0.25, 0.3) is 0 Å². The zero-order valence-corrected chi connectivity index (χ0v) is 14.0. The second-order valence-electron chi connectivity index (χ2n) is 6.05. The first kappa shape index (κ1) is 18.0. The molecule has 0 fully saturated rings. The predicted octanol–water partition coefficient (Wildman–Crippen LogP) is 2.40. The average molecular weight is 294 g/mol. The van der Waals surface area contributed by atoms with Crippen LogP contribution in [0.3, 0.4) is 0 Å². The number of rotatable bonds is 8. The van der Waals surface area contributed by atoms with E-state index in [0.717, 1.165) is 41.8 Å². The smallest absolute Gasteiger partial charge is 0.128 e. The first-order chi connectivity index (χ1) is 9.86. The van der Waals surface area contributed by atoms with Gasteiger partial charge in [-0.3, -0.25) is 0 Å². The predicted molar refractivity (Wildman–Crippen MR) is 87.8 cm³/mol. The molecule has 0 aromatic heterocycles. The van der Waals surface area contributed by atoms with E-state index < -0.39 is 6.10 Å². The van der Waals surface area contributed by atoms with Crippen molar-refractivity contribution in [3.8, 4) is 5.75 Å². The van der Waals surface area contributed by atoms with Gasteiger partial charge in [0, 0.05) is 11.6 Å². The van der Waals surface area contributed by atoms with Gasteiger partial charge in [0.2, 0.25) is 0 Å². The Morgan fingerprint density at radius 3 is 2.52 bits per heavy atom. The summed E-state index contributed by atoms with van der Waals surface area (Å²) in [6.45, 7) is 7.62. The van der Waals surface area contributed by atoms with Crippen LogP contribution in [0.4, 0.5) is 0 Å². The molecule has 0 radical (unpaired) electrons. The van der Waals surface area contributed by atoms with Crippen LogP contribution >= 0.6 is 0 Å². The Morgan fingerprint density at radius 1 is 1.29 bits per heavy atom. The van der Waals surface area contributed by atoms with Gasteiger partial charge >= 0.3 is 0 Å². The summed E-state index contributed by atoms with van der Waals surface area (Å²) in [7, 11) is 4.01. The summed E-state index contributed by atoms with van der Waals surface area (Å²) in [6.07, 6.45) is 0.986. The maximum absolute atomic E-state index is 10.6. The number of aliphatic hydroxyl groups is 1. The zero-order chi connectivity index (χ0) is 16.0. The molecule has 2 unspecified atom stereocenters. The van der Waals surface area contributed by atoms with Gasteiger partial charge in [0.05, 0.1) is 12.7 Å². The van der Waals surface area contributed by atoms with Gasteiger partial charge in [-0.2, -0.15) is 0 Å². The molecular weight excluding hydrogens is 264 g/mol. The van der Waals surface area contributed by atoms with Gasteiger partial charge in [-0.25, -0.2) is 0 Å². The van der Waals surface area contributed by atoms with Gasteiger partial charge in [-0.1, -0.05) is 18.6 Å². The Morgan fingerprint density at radius 2 is 1.95 bits per heavy atom. The van der Waals surface area contributed by atoms with Crippen molar-refractivity contribution in [2.75, 3.05) is 27.2 Å². The minimum absolute atomic E-state index is 0.294. The second-order valence-corrected chi connectivity index (χ2v) is 6.05. The molecule has 0 saturated carbocycles. The number of benzene rings is 1. The normalized spacial score (nSPS) is 14.3. The van der Waals surface area contributed by atoms with Crippen molar-refractivity contribution >= 4 is 0 Å². The lowest BCUT2D eigenvalue weighted by Gasteiger charge is -2.24. The highest BCUT2D eigenvalue weighted by Crippen LogP contribution is 2.32. The molecule has 21 heavy (non-hydrogen) atoms. The van der Waals surface area contributed by atoms with Crippen molar-refractivity contribution in [1.29, 1.82) is 0 Å². The summed E-state index contributed by atoms with van der Waals surface area (Å²) in [6, 6.07) is 3.77. The number of hydrogen-bond acceptors (Lipinski definition) is 4. The fourth-order valence-electron chi connectivity index (χ4n) is 2.40. The van der Waals surface area contributed by atoms with Gasteiger partial charge in [0.15, 0.2) is 0 Å². The van der Waals surface area contributed by atoms with Crippen LogP contribution in [0.15, 0.2) is 12.1 Å². The third-order valence-electron chi connectivity index (χ3n) is 3.53. The molecule has 2 atom stereocenters. The number of ether oxygens (including phenoxy) is 1. The zero-order valence-electron chi connectivity index (χ0n) is 14.0. The minimum atomic E-state index is -0.699. The molecule has 0 heterocycles. The van der Waals surface area contributed by atoms with E-state index in [2.05, 4.69) is 17.9 Å². The number of hydrogen-bond donors (Lipinski definition) is 2. The summed E-state index contributed by atoms with van der Waals surface area (Å²) in [4.78, 5) is 2.07. The average Bonchev–Trinajstić information content (AvgIpc) is 2.42. The van der Waals surface area contributed by atoms with E-state index in [0.29, 0.717) is 6.61 Å². The van der Waals surface area contributed by atoms with Crippen molar-refractivity contribution in [1.82, 2.24) is 4.90 Å². The van der Waals surface area contributed by atoms with E-state index in [4.69, 9.17) is 10.5 Å². The highest BCUT2D eigenvalue weighted by Gasteiger charge is 2.22. The van der Waals surface area contributed by atoms with E-state index >= 15 is 0 Å². The number of nitrogens with zero attached hydrogens (tertiary/aromatic N) is 1. The maximum atomic E-state index is 10.6. The molecule has 0 aliphatic heterocycles. The standard InChI is InChI=1S/C17H30N2O2/c1-6-9-21-17-13(3)10-12(2)11-14(17)16(20)15(18)7-8-19(4)5/h10-11,15-16,20H,6-9,18H2,1-5H3.